The SMILES string of the molecule is CNc1ncc(-c2nc3cc(OC)ccc3o2)c2cc(Nc3ccc(F)cn3)ncc12. The molecule has 0 saturated carbocycles. The van der Waals surface area contributed by atoms with Gasteiger partial charge in [0.2, 0.25) is 5.89 Å². The second-order valence-corrected chi connectivity index (χ2v) is 6.72. The van der Waals surface area contributed by atoms with Crippen LogP contribution >= 0.6 is 0 Å². The molecule has 2 N–H and O–H groups in total. The van der Waals surface area contributed by atoms with Gasteiger partial charge < -0.3 is 19.8 Å². The molecular weight excluding hydrogens is 399 g/mol. The van der Waals surface area contributed by atoms with Crippen LogP contribution < -0.4 is 15.4 Å². The number of anilines is 3. The number of nitrogens with one attached hydrogen (secondary N) is 2. The van der Waals surface area contributed by atoms with Crippen LogP contribution in [0.2, 0.25) is 0 Å². The summed E-state index contributed by atoms with van der Waals surface area (Å²) in [6.07, 6.45) is 4.55. The Kier molecular flexibility index (Phi) is 4.55. The predicted octanol–water partition coefficient (Wildman–Crippen LogP) is 4.77. The van der Waals surface area contributed by atoms with Crippen LogP contribution in [0.3, 0.4) is 0 Å². The van der Waals surface area contributed by atoms with E-state index in [1.54, 1.807) is 32.6 Å². The molecule has 5 aromatic rings. The highest BCUT2D eigenvalue weighted by molar-refractivity contribution is 6.01. The van der Waals surface area contributed by atoms with E-state index in [0.717, 1.165) is 17.0 Å². The minimum Gasteiger partial charge on any atom is -0.497 e. The number of halogens is 1. The number of hydrogen-bond donors (Lipinski definition) is 2. The number of rotatable bonds is 5. The number of aromatic nitrogens is 4. The van der Waals surface area contributed by atoms with Crippen molar-refractivity contribution in [2.45, 2.75) is 0 Å². The van der Waals surface area contributed by atoms with Gasteiger partial charge in [0, 0.05) is 36.3 Å². The van der Waals surface area contributed by atoms with Crippen molar-refractivity contribution in [3.8, 4) is 17.2 Å². The van der Waals surface area contributed by atoms with Crippen molar-refractivity contribution >= 4 is 39.3 Å². The van der Waals surface area contributed by atoms with Crippen molar-refractivity contribution in [3.05, 3.63) is 60.8 Å². The molecule has 0 saturated heterocycles. The molecule has 9 heteroatoms. The van der Waals surface area contributed by atoms with E-state index in [1.807, 2.05) is 24.3 Å². The van der Waals surface area contributed by atoms with Gasteiger partial charge >= 0.3 is 0 Å². The predicted molar refractivity (Wildman–Crippen MR) is 116 cm³/mol. The normalized spacial score (nSPS) is 11.1. The Morgan fingerprint density at radius 2 is 1.81 bits per heavy atom. The summed E-state index contributed by atoms with van der Waals surface area (Å²) in [4.78, 5) is 17.6. The highest BCUT2D eigenvalue weighted by Crippen LogP contribution is 2.34. The van der Waals surface area contributed by atoms with Crippen LogP contribution in [0.1, 0.15) is 0 Å². The fraction of sp³-hybridized carbons (Fsp3) is 0.0909. The van der Waals surface area contributed by atoms with Gasteiger partial charge in [0.15, 0.2) is 5.58 Å². The zero-order valence-electron chi connectivity index (χ0n) is 16.7. The first kappa shape index (κ1) is 18.7. The maximum Gasteiger partial charge on any atom is 0.229 e. The van der Waals surface area contributed by atoms with Crippen LogP contribution in [0.25, 0.3) is 33.3 Å². The van der Waals surface area contributed by atoms with Crippen LogP contribution in [0, 0.1) is 5.82 Å². The topological polar surface area (TPSA) is 98.0 Å². The molecule has 0 aliphatic carbocycles. The summed E-state index contributed by atoms with van der Waals surface area (Å²) in [6.45, 7) is 0. The highest BCUT2D eigenvalue weighted by atomic mass is 19.1. The number of methoxy groups -OCH3 is 1. The van der Waals surface area contributed by atoms with Crippen LogP contribution in [0.15, 0.2) is 59.4 Å². The lowest BCUT2D eigenvalue weighted by Gasteiger charge is -2.10. The second kappa shape index (κ2) is 7.52. The fourth-order valence-electron chi connectivity index (χ4n) is 3.30. The standard InChI is InChI=1S/C22H17FN6O2/c1-24-21-15-10-26-20(29-19-6-3-12(23)9-25-19)8-14(15)16(11-27-21)22-28-17-7-13(30-2)4-5-18(17)31-22/h3-11H,1-2H3,(H,24,27)(H,25,26,29). The zero-order valence-corrected chi connectivity index (χ0v) is 16.7. The Morgan fingerprint density at radius 1 is 0.935 bits per heavy atom. The number of pyridine rings is 3. The molecular formula is C22H17FN6O2. The minimum atomic E-state index is -0.406. The van der Waals surface area contributed by atoms with Gasteiger partial charge in [-0.3, -0.25) is 0 Å². The van der Waals surface area contributed by atoms with Gasteiger partial charge in [-0.25, -0.2) is 24.3 Å². The average molecular weight is 416 g/mol. The third kappa shape index (κ3) is 3.46. The first-order valence-electron chi connectivity index (χ1n) is 9.44. The van der Waals surface area contributed by atoms with E-state index >= 15 is 0 Å². The fourth-order valence-corrected chi connectivity index (χ4v) is 3.30. The third-order valence-corrected chi connectivity index (χ3v) is 4.82. The Labute approximate surface area is 176 Å². The van der Waals surface area contributed by atoms with E-state index in [2.05, 4.69) is 30.6 Å². The lowest BCUT2D eigenvalue weighted by atomic mass is 10.1. The van der Waals surface area contributed by atoms with Crippen LogP contribution in [0.4, 0.5) is 21.8 Å². The molecule has 0 unspecified atom stereocenters. The smallest absolute Gasteiger partial charge is 0.229 e. The zero-order chi connectivity index (χ0) is 21.4. The molecule has 0 radical (unpaired) electrons. The highest BCUT2D eigenvalue weighted by Gasteiger charge is 2.16. The lowest BCUT2D eigenvalue weighted by molar-refractivity contribution is 0.415. The molecule has 4 heterocycles. The minimum absolute atomic E-state index is 0.406. The number of oxazole rings is 1. The summed E-state index contributed by atoms with van der Waals surface area (Å²) in [5.74, 6) is 2.42. The average Bonchev–Trinajstić information content (AvgIpc) is 3.22. The number of benzene rings is 1. The van der Waals surface area contributed by atoms with E-state index in [1.165, 1.54) is 6.07 Å². The molecule has 0 bridgehead atoms. The largest absolute Gasteiger partial charge is 0.497 e. The molecule has 1 aromatic carbocycles. The van der Waals surface area contributed by atoms with Crippen molar-refractivity contribution in [2.24, 2.45) is 0 Å². The van der Waals surface area contributed by atoms with E-state index in [-0.39, 0.29) is 0 Å². The van der Waals surface area contributed by atoms with Gasteiger partial charge in [0.05, 0.1) is 18.9 Å². The number of fused-ring (bicyclic) bond motifs is 2. The molecule has 4 aromatic heterocycles. The van der Waals surface area contributed by atoms with E-state index in [0.29, 0.717) is 45.8 Å². The second-order valence-electron chi connectivity index (χ2n) is 6.72. The summed E-state index contributed by atoms with van der Waals surface area (Å²) in [5.41, 5.74) is 2.04. The number of hydrogen-bond acceptors (Lipinski definition) is 8. The maximum absolute atomic E-state index is 13.1. The monoisotopic (exact) mass is 416 g/mol. The summed E-state index contributed by atoms with van der Waals surface area (Å²) in [5, 5.41) is 7.79. The maximum atomic E-state index is 13.1. The first-order valence-corrected chi connectivity index (χ1v) is 9.44. The Bertz CT molecular complexity index is 1400. The molecule has 5 rings (SSSR count). The lowest BCUT2D eigenvalue weighted by Crippen LogP contribution is -1.99. The molecule has 154 valence electrons. The Balaban J connectivity index is 1.64. The van der Waals surface area contributed by atoms with Crippen LogP contribution in [-0.4, -0.2) is 34.1 Å². The third-order valence-electron chi connectivity index (χ3n) is 4.82. The molecule has 31 heavy (non-hydrogen) atoms. The van der Waals surface area contributed by atoms with Gasteiger partial charge in [0.1, 0.15) is 34.5 Å². The Morgan fingerprint density at radius 3 is 2.58 bits per heavy atom. The number of ether oxygens (including phenoxy) is 1. The summed E-state index contributed by atoms with van der Waals surface area (Å²) in [6, 6.07) is 10.2. The van der Waals surface area contributed by atoms with Crippen molar-refractivity contribution in [3.63, 3.8) is 0 Å². The summed E-state index contributed by atoms with van der Waals surface area (Å²) >= 11 is 0. The molecule has 0 aliphatic rings. The van der Waals surface area contributed by atoms with E-state index in [4.69, 9.17) is 9.15 Å². The van der Waals surface area contributed by atoms with Crippen molar-refractivity contribution in [1.82, 2.24) is 19.9 Å². The van der Waals surface area contributed by atoms with Crippen LogP contribution in [0.5, 0.6) is 5.75 Å². The first-order chi connectivity index (χ1) is 15.1. The Hall–Kier alpha value is -4.27. The van der Waals surface area contributed by atoms with Gasteiger partial charge in [-0.1, -0.05) is 0 Å². The summed E-state index contributed by atoms with van der Waals surface area (Å²) < 4.78 is 24.4. The van der Waals surface area contributed by atoms with Crippen molar-refractivity contribution in [1.29, 1.82) is 0 Å². The van der Waals surface area contributed by atoms with Crippen LogP contribution in [-0.2, 0) is 0 Å². The van der Waals surface area contributed by atoms with Gasteiger partial charge in [-0.05, 0) is 30.3 Å². The van der Waals surface area contributed by atoms with Gasteiger partial charge in [-0.2, -0.15) is 0 Å². The van der Waals surface area contributed by atoms with Crippen molar-refractivity contribution in [2.75, 3.05) is 24.8 Å². The number of nitrogens with zero attached hydrogens (tertiary/aromatic N) is 4. The molecule has 0 amide bonds. The quantitative estimate of drug-likeness (QED) is 0.423. The van der Waals surface area contributed by atoms with Gasteiger partial charge in [0.25, 0.3) is 0 Å². The van der Waals surface area contributed by atoms with Crippen molar-refractivity contribution < 1.29 is 13.5 Å². The van der Waals surface area contributed by atoms with Gasteiger partial charge in [-0.15, -0.1) is 0 Å². The van der Waals surface area contributed by atoms with E-state index in [9.17, 15) is 4.39 Å². The molecule has 0 spiro atoms. The molecule has 0 fully saturated rings. The molecule has 8 nitrogen and oxygen atoms in total. The molecule has 0 atom stereocenters. The molecule has 0 aliphatic heterocycles. The summed E-state index contributed by atoms with van der Waals surface area (Å²) in [7, 11) is 3.40. The van der Waals surface area contributed by atoms with E-state index < -0.39 is 5.82 Å².